The molecule has 0 saturated heterocycles. The van der Waals surface area contributed by atoms with Crippen LogP contribution in [0.2, 0.25) is 0 Å². The van der Waals surface area contributed by atoms with Gasteiger partial charge in [-0.05, 0) is 23.8 Å². The Morgan fingerprint density at radius 3 is 2.19 bits per heavy atom. The van der Waals surface area contributed by atoms with Crippen LogP contribution in [0, 0.1) is 0 Å². The van der Waals surface area contributed by atoms with Crippen LogP contribution in [0.5, 0.6) is 23.0 Å². The lowest BCUT2D eigenvalue weighted by atomic mass is 10.0. The molecule has 0 heterocycles. The molecule has 3 rings (SSSR count). The summed E-state index contributed by atoms with van der Waals surface area (Å²) in [5, 5.41) is 19.3. The Labute approximate surface area is 122 Å². The fourth-order valence-electron chi connectivity index (χ4n) is 2.11. The van der Waals surface area contributed by atoms with Gasteiger partial charge in [0.1, 0.15) is 11.5 Å². The molecule has 0 spiro atoms. The topological polar surface area (TPSA) is 49.7 Å². The van der Waals surface area contributed by atoms with Gasteiger partial charge in [0.05, 0.1) is 0 Å². The lowest BCUT2D eigenvalue weighted by Crippen LogP contribution is -1.88. The molecule has 0 atom stereocenters. The summed E-state index contributed by atoms with van der Waals surface area (Å²) in [4.78, 5) is 0. The minimum Gasteiger partial charge on any atom is -0.508 e. The van der Waals surface area contributed by atoms with E-state index in [0.717, 1.165) is 11.1 Å². The van der Waals surface area contributed by atoms with E-state index >= 15 is 0 Å². The van der Waals surface area contributed by atoms with Gasteiger partial charge in [0.15, 0.2) is 11.5 Å². The van der Waals surface area contributed by atoms with Crippen LogP contribution >= 0.6 is 0 Å². The maximum Gasteiger partial charge on any atom is 0.172 e. The van der Waals surface area contributed by atoms with Gasteiger partial charge in [-0.3, -0.25) is 0 Å². The van der Waals surface area contributed by atoms with E-state index in [2.05, 4.69) is 0 Å². The first-order valence-electron chi connectivity index (χ1n) is 6.58. The summed E-state index contributed by atoms with van der Waals surface area (Å²) < 4.78 is 5.77. The molecule has 0 aliphatic rings. The smallest absolute Gasteiger partial charge is 0.172 e. The van der Waals surface area contributed by atoms with Gasteiger partial charge in [-0.25, -0.2) is 0 Å². The minimum atomic E-state index is -0.0179. The first-order chi connectivity index (χ1) is 10.2. The molecule has 0 aliphatic carbocycles. The molecule has 3 aromatic carbocycles. The number of phenols is 2. The highest BCUT2D eigenvalue weighted by Gasteiger charge is 2.10. The molecule has 0 saturated carbocycles. The van der Waals surface area contributed by atoms with Crippen molar-refractivity contribution in [3.63, 3.8) is 0 Å². The largest absolute Gasteiger partial charge is 0.508 e. The molecule has 3 aromatic rings. The van der Waals surface area contributed by atoms with E-state index in [1.54, 1.807) is 0 Å². The average molecular weight is 278 g/mol. The summed E-state index contributed by atoms with van der Waals surface area (Å²) in [7, 11) is 0. The van der Waals surface area contributed by atoms with Crippen molar-refractivity contribution in [2.75, 3.05) is 0 Å². The summed E-state index contributed by atoms with van der Waals surface area (Å²) in [5.41, 5.74) is 1.94. The van der Waals surface area contributed by atoms with Crippen LogP contribution in [0.4, 0.5) is 0 Å². The van der Waals surface area contributed by atoms with E-state index in [-0.39, 0.29) is 17.2 Å². The number of ether oxygens (including phenoxy) is 1. The number of rotatable bonds is 3. The SMILES string of the molecule is Oc1ccc(O)c(Oc2ccccc2-c2ccccc2)c1. The summed E-state index contributed by atoms with van der Waals surface area (Å²) in [5.74, 6) is 0.860. The molecule has 0 fully saturated rings. The Kier molecular flexibility index (Phi) is 3.48. The third-order valence-electron chi connectivity index (χ3n) is 3.14. The van der Waals surface area contributed by atoms with Gasteiger partial charge in [-0.15, -0.1) is 0 Å². The molecule has 2 N–H and O–H groups in total. The van der Waals surface area contributed by atoms with Crippen molar-refractivity contribution in [1.29, 1.82) is 0 Å². The Bertz CT molecular complexity index is 751. The minimum absolute atomic E-state index is 0.0179. The van der Waals surface area contributed by atoms with E-state index in [1.165, 1.54) is 18.2 Å². The summed E-state index contributed by atoms with van der Waals surface area (Å²) >= 11 is 0. The highest BCUT2D eigenvalue weighted by Crippen LogP contribution is 2.38. The standard InChI is InChI=1S/C18H14O3/c19-14-10-11-16(20)18(12-14)21-17-9-5-4-8-15(17)13-6-2-1-3-7-13/h1-12,19-20H. The molecule has 0 unspecified atom stereocenters. The van der Waals surface area contributed by atoms with Crippen molar-refractivity contribution in [2.24, 2.45) is 0 Å². The Morgan fingerprint density at radius 1 is 0.667 bits per heavy atom. The normalized spacial score (nSPS) is 10.3. The maximum absolute atomic E-state index is 9.82. The Hall–Kier alpha value is -2.94. The second kappa shape index (κ2) is 5.59. The van der Waals surface area contributed by atoms with E-state index in [0.29, 0.717) is 5.75 Å². The van der Waals surface area contributed by atoms with Crippen LogP contribution in [0.1, 0.15) is 0 Å². The third-order valence-corrected chi connectivity index (χ3v) is 3.14. The van der Waals surface area contributed by atoms with E-state index < -0.39 is 0 Å². The van der Waals surface area contributed by atoms with Gasteiger partial charge in [-0.1, -0.05) is 48.5 Å². The number of benzene rings is 3. The van der Waals surface area contributed by atoms with Gasteiger partial charge in [-0.2, -0.15) is 0 Å². The van der Waals surface area contributed by atoms with Crippen molar-refractivity contribution in [3.05, 3.63) is 72.8 Å². The van der Waals surface area contributed by atoms with Crippen LogP contribution in [0.25, 0.3) is 11.1 Å². The van der Waals surface area contributed by atoms with Crippen molar-refractivity contribution in [1.82, 2.24) is 0 Å². The molecule has 3 heteroatoms. The molecular weight excluding hydrogens is 264 g/mol. The van der Waals surface area contributed by atoms with Gasteiger partial charge >= 0.3 is 0 Å². The fraction of sp³-hybridized carbons (Fsp3) is 0. The highest BCUT2D eigenvalue weighted by molar-refractivity contribution is 5.71. The van der Waals surface area contributed by atoms with Gasteiger partial charge in [0, 0.05) is 11.6 Å². The van der Waals surface area contributed by atoms with Gasteiger partial charge < -0.3 is 14.9 Å². The highest BCUT2D eigenvalue weighted by atomic mass is 16.5. The second-order valence-electron chi connectivity index (χ2n) is 4.62. The van der Waals surface area contributed by atoms with Crippen molar-refractivity contribution < 1.29 is 14.9 Å². The molecule has 21 heavy (non-hydrogen) atoms. The number of para-hydroxylation sites is 1. The molecular formula is C18H14O3. The summed E-state index contributed by atoms with van der Waals surface area (Å²) in [6.07, 6.45) is 0. The Balaban J connectivity index is 2.02. The molecule has 0 aliphatic heterocycles. The first kappa shape index (κ1) is 13.1. The summed E-state index contributed by atoms with van der Waals surface area (Å²) in [6, 6.07) is 21.6. The van der Waals surface area contributed by atoms with Crippen LogP contribution in [0.3, 0.4) is 0 Å². The molecule has 3 nitrogen and oxygen atoms in total. The van der Waals surface area contributed by atoms with Crippen LogP contribution in [0.15, 0.2) is 72.8 Å². The predicted octanol–water partition coefficient (Wildman–Crippen LogP) is 4.56. The molecule has 0 radical (unpaired) electrons. The van der Waals surface area contributed by atoms with E-state index in [1.807, 2.05) is 54.6 Å². The molecule has 0 amide bonds. The van der Waals surface area contributed by atoms with Crippen LogP contribution in [-0.2, 0) is 0 Å². The third kappa shape index (κ3) is 2.82. The van der Waals surface area contributed by atoms with E-state index in [4.69, 9.17) is 4.74 Å². The zero-order valence-electron chi connectivity index (χ0n) is 11.2. The summed E-state index contributed by atoms with van der Waals surface area (Å²) in [6.45, 7) is 0. The average Bonchev–Trinajstić information content (AvgIpc) is 2.52. The number of aromatic hydroxyl groups is 2. The van der Waals surface area contributed by atoms with Gasteiger partial charge in [0.25, 0.3) is 0 Å². The molecule has 104 valence electrons. The van der Waals surface area contributed by atoms with Crippen LogP contribution < -0.4 is 4.74 Å². The number of phenolic OH excluding ortho intramolecular Hbond substituents is 2. The molecule has 0 aromatic heterocycles. The van der Waals surface area contributed by atoms with Crippen molar-refractivity contribution in [2.45, 2.75) is 0 Å². The second-order valence-corrected chi connectivity index (χ2v) is 4.62. The maximum atomic E-state index is 9.82. The first-order valence-corrected chi connectivity index (χ1v) is 6.58. The quantitative estimate of drug-likeness (QED) is 0.691. The monoisotopic (exact) mass is 278 g/mol. The van der Waals surface area contributed by atoms with Gasteiger partial charge in [0.2, 0.25) is 0 Å². The van der Waals surface area contributed by atoms with E-state index in [9.17, 15) is 10.2 Å². The number of hydrogen-bond acceptors (Lipinski definition) is 3. The molecule has 0 bridgehead atoms. The lowest BCUT2D eigenvalue weighted by molar-refractivity contribution is 0.404. The zero-order valence-corrected chi connectivity index (χ0v) is 11.2. The van der Waals surface area contributed by atoms with Crippen LogP contribution in [-0.4, -0.2) is 10.2 Å². The lowest BCUT2D eigenvalue weighted by Gasteiger charge is -2.12. The number of hydrogen-bond donors (Lipinski definition) is 2. The fourth-order valence-corrected chi connectivity index (χ4v) is 2.11. The zero-order chi connectivity index (χ0) is 14.7. The van der Waals surface area contributed by atoms with Crippen molar-refractivity contribution in [3.8, 4) is 34.1 Å². The van der Waals surface area contributed by atoms with Crippen molar-refractivity contribution >= 4 is 0 Å². The Morgan fingerprint density at radius 2 is 1.38 bits per heavy atom. The predicted molar refractivity (Wildman–Crippen MR) is 81.7 cm³/mol.